The molecule has 0 atom stereocenters. The van der Waals surface area contributed by atoms with E-state index in [2.05, 4.69) is 27.2 Å². The van der Waals surface area contributed by atoms with Gasteiger partial charge in [-0.05, 0) is 61.9 Å². The lowest BCUT2D eigenvalue weighted by Gasteiger charge is -2.43. The monoisotopic (exact) mass is 496 g/mol. The van der Waals surface area contributed by atoms with E-state index in [0.29, 0.717) is 24.3 Å². The van der Waals surface area contributed by atoms with Gasteiger partial charge in [-0.2, -0.15) is 0 Å². The normalized spacial score (nSPS) is 19.2. The molecule has 3 aliphatic heterocycles. The Morgan fingerprint density at radius 1 is 0.730 bits per heavy atom. The van der Waals surface area contributed by atoms with Crippen molar-refractivity contribution in [2.75, 3.05) is 37.7 Å². The Hall–Kier alpha value is -3.71. The van der Waals surface area contributed by atoms with Gasteiger partial charge < -0.3 is 15.1 Å². The summed E-state index contributed by atoms with van der Waals surface area (Å²) in [5, 5.41) is 4.77. The zero-order valence-corrected chi connectivity index (χ0v) is 21.0. The topological polar surface area (TPSA) is 73.0 Å². The molecule has 0 aliphatic carbocycles. The first-order valence-electron chi connectivity index (χ1n) is 13.3. The van der Waals surface area contributed by atoms with E-state index in [1.54, 1.807) is 0 Å². The van der Waals surface area contributed by atoms with Crippen LogP contribution in [0.15, 0.2) is 66.7 Å². The number of nitrogens with one attached hydrogen (secondary N) is 1. The first-order valence-corrected chi connectivity index (χ1v) is 13.3. The van der Waals surface area contributed by atoms with Crippen LogP contribution in [-0.2, 0) is 4.79 Å². The summed E-state index contributed by atoms with van der Waals surface area (Å²) in [6.45, 7) is 3.75. The number of hydrogen-bond donors (Lipinski definition) is 1. The summed E-state index contributed by atoms with van der Waals surface area (Å²) in [4.78, 5) is 45.1. The highest BCUT2D eigenvalue weighted by atomic mass is 16.2. The van der Waals surface area contributed by atoms with Crippen molar-refractivity contribution in [3.05, 3.63) is 77.9 Å². The van der Waals surface area contributed by atoms with Gasteiger partial charge in [0.1, 0.15) is 5.54 Å². The lowest BCUT2D eigenvalue weighted by molar-refractivity contribution is -0.125. The van der Waals surface area contributed by atoms with Crippen LogP contribution < -0.4 is 10.2 Å². The van der Waals surface area contributed by atoms with Crippen molar-refractivity contribution in [3.63, 3.8) is 0 Å². The lowest BCUT2D eigenvalue weighted by Crippen LogP contribution is -2.56. The van der Waals surface area contributed by atoms with Gasteiger partial charge in [-0.15, -0.1) is 0 Å². The van der Waals surface area contributed by atoms with Crippen LogP contribution in [-0.4, -0.2) is 65.9 Å². The van der Waals surface area contributed by atoms with E-state index in [9.17, 15) is 14.4 Å². The number of unbranched alkanes of at least 4 members (excludes halogenated alkanes) is 2. The number of likely N-dealkylation sites (tertiary alicyclic amines) is 1. The fourth-order valence-corrected chi connectivity index (χ4v) is 6.24. The van der Waals surface area contributed by atoms with Crippen LogP contribution in [0.3, 0.4) is 0 Å². The summed E-state index contributed by atoms with van der Waals surface area (Å²) in [7, 11) is 0. The highest BCUT2D eigenvalue weighted by molar-refractivity contribution is 6.25. The highest BCUT2D eigenvalue weighted by Crippen LogP contribution is 2.36. The molecule has 1 spiro atoms. The summed E-state index contributed by atoms with van der Waals surface area (Å²) < 4.78 is 0. The summed E-state index contributed by atoms with van der Waals surface area (Å²) in [5.74, 6) is -0.231. The third kappa shape index (κ3) is 4.07. The Balaban J connectivity index is 1.000. The van der Waals surface area contributed by atoms with Gasteiger partial charge in [0, 0.05) is 41.8 Å². The maximum absolute atomic E-state index is 13.1. The second-order valence-electron chi connectivity index (χ2n) is 10.3. The lowest BCUT2D eigenvalue weighted by atomic mass is 9.85. The zero-order valence-electron chi connectivity index (χ0n) is 21.0. The molecule has 2 fully saturated rings. The molecule has 0 aromatic heterocycles. The summed E-state index contributed by atoms with van der Waals surface area (Å²) in [6.07, 6.45) is 4.37. The number of hydrogen-bond acceptors (Lipinski definition) is 5. The number of nitrogens with zero attached hydrogens (tertiary/aromatic N) is 3. The molecule has 190 valence electrons. The Kier molecular flexibility index (Phi) is 6.16. The number of benzene rings is 3. The van der Waals surface area contributed by atoms with E-state index in [1.807, 2.05) is 54.6 Å². The third-order valence-corrected chi connectivity index (χ3v) is 8.30. The Morgan fingerprint density at radius 3 is 2.05 bits per heavy atom. The SMILES string of the molecule is O=C1c2cccc3cccc(c23)C(=O)N1CCCCCN1CCC2(CC1)C(=O)NCN2c1ccccc1. The molecule has 3 aromatic carbocycles. The predicted molar refractivity (Wildman–Crippen MR) is 144 cm³/mol. The maximum Gasteiger partial charge on any atom is 0.261 e. The molecule has 0 radical (unpaired) electrons. The first kappa shape index (κ1) is 23.7. The van der Waals surface area contributed by atoms with Crippen LogP contribution >= 0.6 is 0 Å². The molecular formula is C30H32N4O3. The van der Waals surface area contributed by atoms with E-state index >= 15 is 0 Å². The van der Waals surface area contributed by atoms with Gasteiger partial charge in [0.2, 0.25) is 5.91 Å². The van der Waals surface area contributed by atoms with Gasteiger partial charge in [-0.1, -0.05) is 48.9 Å². The molecule has 3 amide bonds. The van der Waals surface area contributed by atoms with Gasteiger partial charge in [0.05, 0.1) is 6.67 Å². The quantitative estimate of drug-likeness (QED) is 0.395. The van der Waals surface area contributed by atoms with Crippen molar-refractivity contribution in [3.8, 4) is 0 Å². The van der Waals surface area contributed by atoms with Crippen molar-refractivity contribution < 1.29 is 14.4 Å². The number of para-hydroxylation sites is 1. The van der Waals surface area contributed by atoms with Gasteiger partial charge in [0.25, 0.3) is 11.8 Å². The van der Waals surface area contributed by atoms with Crippen molar-refractivity contribution in [2.45, 2.75) is 37.6 Å². The average molecular weight is 497 g/mol. The van der Waals surface area contributed by atoms with Gasteiger partial charge in [-0.3, -0.25) is 19.3 Å². The number of carbonyl (C=O) groups is 3. The second-order valence-corrected chi connectivity index (χ2v) is 10.3. The van der Waals surface area contributed by atoms with E-state index < -0.39 is 5.54 Å². The van der Waals surface area contributed by atoms with E-state index in [1.165, 1.54) is 4.90 Å². The fraction of sp³-hybridized carbons (Fsp3) is 0.367. The van der Waals surface area contributed by atoms with Crippen molar-refractivity contribution >= 4 is 34.2 Å². The van der Waals surface area contributed by atoms with Crippen molar-refractivity contribution in [1.29, 1.82) is 0 Å². The molecule has 0 unspecified atom stereocenters. The molecule has 0 saturated carbocycles. The molecule has 3 aliphatic rings. The standard InChI is InChI=1S/C30H32N4O3/c35-27-24-13-7-9-22-10-8-14-25(26(22)24)28(36)33(27)18-6-2-5-17-32-19-15-30(16-20-32)29(37)31-21-34(30)23-11-3-1-4-12-23/h1,3-4,7-14H,2,5-6,15-21H2,(H,31,37). The minimum atomic E-state index is -0.452. The van der Waals surface area contributed by atoms with Crippen LogP contribution in [0.4, 0.5) is 5.69 Å². The zero-order chi connectivity index (χ0) is 25.4. The van der Waals surface area contributed by atoms with Crippen LogP contribution in [0.1, 0.15) is 52.8 Å². The van der Waals surface area contributed by atoms with E-state index in [4.69, 9.17) is 0 Å². The minimum absolute atomic E-state index is 0.143. The fourth-order valence-electron chi connectivity index (χ4n) is 6.24. The van der Waals surface area contributed by atoms with Crippen molar-refractivity contribution in [1.82, 2.24) is 15.1 Å². The maximum atomic E-state index is 13.1. The number of carbonyl (C=O) groups excluding carboxylic acids is 3. The van der Waals surface area contributed by atoms with E-state index in [-0.39, 0.29) is 17.7 Å². The van der Waals surface area contributed by atoms with Crippen LogP contribution in [0, 0.1) is 0 Å². The Bertz CT molecular complexity index is 1300. The molecule has 3 aromatic rings. The Morgan fingerprint density at radius 2 is 1.38 bits per heavy atom. The molecule has 37 heavy (non-hydrogen) atoms. The number of anilines is 1. The third-order valence-electron chi connectivity index (χ3n) is 8.30. The number of rotatable bonds is 7. The molecular weight excluding hydrogens is 464 g/mol. The highest BCUT2D eigenvalue weighted by Gasteiger charge is 2.50. The molecule has 7 heteroatoms. The van der Waals surface area contributed by atoms with Crippen LogP contribution in [0.25, 0.3) is 10.8 Å². The summed E-state index contributed by atoms with van der Waals surface area (Å²) in [5.41, 5.74) is 1.88. The van der Waals surface area contributed by atoms with Crippen LogP contribution in [0.5, 0.6) is 0 Å². The predicted octanol–water partition coefficient (Wildman–Crippen LogP) is 4.03. The molecule has 6 rings (SSSR count). The van der Waals surface area contributed by atoms with Gasteiger partial charge in [0.15, 0.2) is 0 Å². The minimum Gasteiger partial charge on any atom is -0.339 e. The van der Waals surface area contributed by atoms with Crippen LogP contribution in [0.2, 0.25) is 0 Å². The molecule has 2 saturated heterocycles. The number of amides is 3. The average Bonchev–Trinajstić information content (AvgIpc) is 3.25. The smallest absolute Gasteiger partial charge is 0.261 e. The van der Waals surface area contributed by atoms with Gasteiger partial charge in [-0.25, -0.2) is 0 Å². The van der Waals surface area contributed by atoms with E-state index in [0.717, 1.165) is 68.2 Å². The van der Waals surface area contributed by atoms with Gasteiger partial charge >= 0.3 is 0 Å². The largest absolute Gasteiger partial charge is 0.339 e. The Labute approximate surface area is 217 Å². The van der Waals surface area contributed by atoms with Crippen molar-refractivity contribution in [2.24, 2.45) is 0 Å². The number of imide groups is 1. The molecule has 1 N–H and O–H groups in total. The molecule has 0 bridgehead atoms. The number of piperidine rings is 1. The summed E-state index contributed by atoms with van der Waals surface area (Å²) in [6, 6.07) is 21.5. The molecule has 3 heterocycles. The first-order chi connectivity index (χ1) is 18.1. The molecule has 7 nitrogen and oxygen atoms in total. The second kappa shape index (κ2) is 9.63. The summed E-state index contributed by atoms with van der Waals surface area (Å²) >= 11 is 0.